The number of benzene rings is 1. The first-order valence-corrected chi connectivity index (χ1v) is 7.64. The van der Waals surface area contributed by atoms with Crippen LogP contribution >= 0.6 is 54.8 Å². The number of halogens is 3. The van der Waals surface area contributed by atoms with Crippen molar-refractivity contribution in [3.8, 4) is 5.75 Å². The topological polar surface area (TPSA) is 26.3 Å². The van der Waals surface area contributed by atoms with Crippen molar-refractivity contribution in [3.63, 3.8) is 0 Å². The Hall–Kier alpha value is -0.360. The van der Waals surface area contributed by atoms with Crippen LogP contribution in [0.4, 0.5) is 0 Å². The Balaban J connectivity index is 2.39. The van der Waals surface area contributed by atoms with E-state index in [-0.39, 0.29) is 5.78 Å². The van der Waals surface area contributed by atoms with Crippen LogP contribution in [0.2, 0.25) is 5.02 Å². The largest absolute Gasteiger partial charge is 0.495 e. The number of ketones is 1. The van der Waals surface area contributed by atoms with Crippen molar-refractivity contribution in [2.24, 2.45) is 0 Å². The molecule has 6 heteroatoms. The van der Waals surface area contributed by atoms with Crippen LogP contribution in [0.15, 0.2) is 32.5 Å². The predicted molar refractivity (Wildman–Crippen MR) is 81.2 cm³/mol. The van der Waals surface area contributed by atoms with Crippen molar-refractivity contribution < 1.29 is 9.53 Å². The number of carbonyl (C=O) groups excluding carboxylic acids is 1. The van der Waals surface area contributed by atoms with Crippen molar-refractivity contribution in [2.75, 3.05) is 7.11 Å². The van der Waals surface area contributed by atoms with Gasteiger partial charge < -0.3 is 4.74 Å². The third-order valence-electron chi connectivity index (χ3n) is 2.28. The van der Waals surface area contributed by atoms with Crippen molar-refractivity contribution in [1.82, 2.24) is 0 Å². The molecule has 18 heavy (non-hydrogen) atoms. The summed E-state index contributed by atoms with van der Waals surface area (Å²) in [6.07, 6.45) is 0. The SMILES string of the molecule is COc1cc(C(=O)c2cc(Br)c(Br)s2)ccc1Cl. The number of rotatable bonds is 3. The Morgan fingerprint density at radius 2 is 2.06 bits per heavy atom. The van der Waals surface area contributed by atoms with E-state index in [9.17, 15) is 4.79 Å². The molecule has 0 saturated carbocycles. The molecule has 0 unspecified atom stereocenters. The maximum atomic E-state index is 12.3. The number of thiophene rings is 1. The van der Waals surface area contributed by atoms with Gasteiger partial charge in [0.05, 0.1) is 20.8 Å². The minimum absolute atomic E-state index is 0.0543. The Kier molecular flexibility index (Phi) is 4.48. The zero-order valence-corrected chi connectivity index (χ0v) is 13.9. The fourth-order valence-corrected chi connectivity index (χ4v) is 3.59. The third kappa shape index (κ3) is 2.79. The third-order valence-corrected chi connectivity index (χ3v) is 5.85. The molecule has 0 N–H and O–H groups in total. The highest BCUT2D eigenvalue weighted by molar-refractivity contribution is 9.13. The molecule has 0 aliphatic rings. The van der Waals surface area contributed by atoms with Gasteiger partial charge in [-0.1, -0.05) is 11.6 Å². The van der Waals surface area contributed by atoms with Crippen LogP contribution in [0.5, 0.6) is 5.75 Å². The molecule has 1 heterocycles. The van der Waals surface area contributed by atoms with Gasteiger partial charge in [0, 0.05) is 10.0 Å². The lowest BCUT2D eigenvalue weighted by Crippen LogP contribution is -1.99. The molecule has 0 aliphatic carbocycles. The molecular weight excluding hydrogens is 403 g/mol. The van der Waals surface area contributed by atoms with E-state index in [1.807, 2.05) is 0 Å². The average molecular weight is 411 g/mol. The van der Waals surface area contributed by atoms with Crippen molar-refractivity contribution in [1.29, 1.82) is 0 Å². The van der Waals surface area contributed by atoms with E-state index in [1.54, 1.807) is 24.3 Å². The smallest absolute Gasteiger partial charge is 0.203 e. The molecule has 2 aromatic rings. The lowest BCUT2D eigenvalue weighted by Gasteiger charge is -2.04. The number of ether oxygens (including phenoxy) is 1. The summed E-state index contributed by atoms with van der Waals surface area (Å²) >= 11 is 14.0. The fourth-order valence-electron chi connectivity index (χ4n) is 1.40. The van der Waals surface area contributed by atoms with E-state index in [1.165, 1.54) is 18.4 Å². The van der Waals surface area contributed by atoms with Gasteiger partial charge in [-0.15, -0.1) is 11.3 Å². The van der Waals surface area contributed by atoms with Crippen LogP contribution in [0.25, 0.3) is 0 Å². The van der Waals surface area contributed by atoms with Gasteiger partial charge in [-0.2, -0.15) is 0 Å². The predicted octanol–water partition coefficient (Wildman–Crippen LogP) is 5.17. The van der Waals surface area contributed by atoms with Crippen molar-refractivity contribution in [3.05, 3.63) is 48.0 Å². The van der Waals surface area contributed by atoms with E-state index in [0.29, 0.717) is 21.2 Å². The minimum atomic E-state index is -0.0543. The number of methoxy groups -OCH3 is 1. The summed E-state index contributed by atoms with van der Waals surface area (Å²) in [6, 6.07) is 6.78. The van der Waals surface area contributed by atoms with Gasteiger partial charge in [-0.3, -0.25) is 4.79 Å². The molecule has 0 atom stereocenters. The first kappa shape index (κ1) is 14.1. The summed E-state index contributed by atoms with van der Waals surface area (Å²) in [5.74, 6) is 0.443. The summed E-state index contributed by atoms with van der Waals surface area (Å²) < 4.78 is 6.87. The van der Waals surface area contributed by atoms with Crippen LogP contribution in [0, 0.1) is 0 Å². The molecule has 1 aromatic heterocycles. The van der Waals surface area contributed by atoms with Gasteiger partial charge >= 0.3 is 0 Å². The standard InChI is InChI=1S/C12H7Br2ClO2S/c1-17-9-4-6(2-3-8(9)15)11(16)10-5-7(13)12(14)18-10/h2-5H,1H3. The zero-order chi connectivity index (χ0) is 13.3. The maximum Gasteiger partial charge on any atom is 0.203 e. The molecule has 0 fully saturated rings. The van der Waals surface area contributed by atoms with E-state index < -0.39 is 0 Å². The van der Waals surface area contributed by atoms with E-state index in [2.05, 4.69) is 31.9 Å². The fraction of sp³-hybridized carbons (Fsp3) is 0.0833. The molecule has 0 aliphatic heterocycles. The van der Waals surface area contributed by atoms with Gasteiger partial charge in [-0.25, -0.2) is 0 Å². The maximum absolute atomic E-state index is 12.3. The molecule has 2 nitrogen and oxygen atoms in total. The molecule has 0 radical (unpaired) electrons. The summed E-state index contributed by atoms with van der Waals surface area (Å²) in [5.41, 5.74) is 0.553. The molecule has 94 valence electrons. The monoisotopic (exact) mass is 408 g/mol. The normalized spacial score (nSPS) is 10.4. The van der Waals surface area contributed by atoms with Gasteiger partial charge in [-0.05, 0) is 56.1 Å². The summed E-state index contributed by atoms with van der Waals surface area (Å²) in [5, 5.41) is 0.489. The minimum Gasteiger partial charge on any atom is -0.495 e. The Morgan fingerprint density at radius 3 is 2.61 bits per heavy atom. The summed E-state index contributed by atoms with van der Waals surface area (Å²) in [7, 11) is 1.52. The molecule has 0 bridgehead atoms. The van der Waals surface area contributed by atoms with Crippen LogP contribution < -0.4 is 4.74 Å². The molecule has 2 rings (SSSR count). The lowest BCUT2D eigenvalue weighted by molar-refractivity contribution is 0.104. The van der Waals surface area contributed by atoms with Crippen molar-refractivity contribution in [2.45, 2.75) is 0 Å². The van der Waals surface area contributed by atoms with E-state index in [4.69, 9.17) is 16.3 Å². The number of carbonyl (C=O) groups is 1. The van der Waals surface area contributed by atoms with Crippen molar-refractivity contribution >= 4 is 60.6 Å². The lowest BCUT2D eigenvalue weighted by atomic mass is 10.1. The highest BCUT2D eigenvalue weighted by Gasteiger charge is 2.15. The highest BCUT2D eigenvalue weighted by Crippen LogP contribution is 2.34. The zero-order valence-electron chi connectivity index (χ0n) is 9.17. The van der Waals surface area contributed by atoms with Gasteiger partial charge in [0.2, 0.25) is 5.78 Å². The summed E-state index contributed by atoms with van der Waals surface area (Å²) in [6.45, 7) is 0. The second-order valence-electron chi connectivity index (χ2n) is 3.41. The first-order valence-electron chi connectivity index (χ1n) is 4.86. The van der Waals surface area contributed by atoms with Gasteiger partial charge in [0.15, 0.2) is 0 Å². The van der Waals surface area contributed by atoms with Crippen LogP contribution in [0.1, 0.15) is 15.2 Å². The van der Waals surface area contributed by atoms with E-state index in [0.717, 1.165) is 8.26 Å². The Labute approximate surface area is 130 Å². The molecule has 0 amide bonds. The van der Waals surface area contributed by atoms with Gasteiger partial charge in [0.25, 0.3) is 0 Å². The number of hydrogen-bond donors (Lipinski definition) is 0. The molecule has 1 aromatic carbocycles. The van der Waals surface area contributed by atoms with Crippen LogP contribution in [0.3, 0.4) is 0 Å². The number of hydrogen-bond acceptors (Lipinski definition) is 3. The average Bonchev–Trinajstić information content (AvgIpc) is 2.69. The second kappa shape index (κ2) is 5.74. The molecule has 0 saturated heterocycles. The summed E-state index contributed by atoms with van der Waals surface area (Å²) in [4.78, 5) is 12.9. The molecular formula is C12H7Br2ClO2S. The first-order chi connectivity index (χ1) is 8.52. The van der Waals surface area contributed by atoms with Crippen LogP contribution in [-0.2, 0) is 0 Å². The van der Waals surface area contributed by atoms with Gasteiger partial charge in [0.1, 0.15) is 5.75 Å². The van der Waals surface area contributed by atoms with E-state index >= 15 is 0 Å². The molecule has 0 spiro atoms. The van der Waals surface area contributed by atoms with Crippen LogP contribution in [-0.4, -0.2) is 12.9 Å². The Morgan fingerprint density at radius 1 is 1.33 bits per heavy atom. The highest BCUT2D eigenvalue weighted by atomic mass is 79.9. The second-order valence-corrected chi connectivity index (χ2v) is 7.04. The Bertz CT molecular complexity index is 591. The quantitative estimate of drug-likeness (QED) is 0.653.